The third-order valence-corrected chi connectivity index (χ3v) is 13.0. The van der Waals surface area contributed by atoms with Crippen LogP contribution in [0.2, 0.25) is 10.0 Å². The van der Waals surface area contributed by atoms with Gasteiger partial charge in [-0.05, 0) is 99.5 Å². The molecule has 0 aliphatic carbocycles. The fourth-order valence-electron chi connectivity index (χ4n) is 6.92. The molecule has 0 spiro atoms. The molecule has 0 atom stereocenters. The fourth-order valence-corrected chi connectivity index (χ4v) is 9.27. The summed E-state index contributed by atoms with van der Waals surface area (Å²) >= 11 is 14.8. The average Bonchev–Trinajstić information content (AvgIpc) is 3.94. The average molecular weight is 982 g/mol. The van der Waals surface area contributed by atoms with Crippen LogP contribution in [0.5, 0.6) is 23.0 Å². The molecule has 67 heavy (non-hydrogen) atoms. The molecule has 8 rings (SSSR count). The Balaban J connectivity index is 0.844. The van der Waals surface area contributed by atoms with Crippen molar-refractivity contribution in [3.63, 3.8) is 0 Å². The molecule has 0 N–H and O–H groups in total. The van der Waals surface area contributed by atoms with Gasteiger partial charge in [-0.2, -0.15) is 0 Å². The summed E-state index contributed by atoms with van der Waals surface area (Å²) in [5, 5.41) is 1.24. The predicted molar refractivity (Wildman–Crippen MR) is 260 cm³/mol. The van der Waals surface area contributed by atoms with Crippen LogP contribution in [-0.2, 0) is 19.1 Å². The van der Waals surface area contributed by atoms with Crippen LogP contribution in [0.3, 0.4) is 0 Å². The van der Waals surface area contributed by atoms with E-state index in [1.165, 1.54) is 58.7 Å². The number of nitrogens with zero attached hydrogens (tertiary/aromatic N) is 4. The molecule has 0 saturated heterocycles. The lowest BCUT2D eigenvalue weighted by Gasteiger charge is -2.27. The lowest BCUT2D eigenvalue weighted by molar-refractivity contribution is -0.170. The third kappa shape index (κ3) is 10.6. The Kier molecular flexibility index (Phi) is 13.4. The van der Waals surface area contributed by atoms with E-state index in [1.54, 1.807) is 88.4 Å². The molecule has 0 aliphatic rings. The van der Waals surface area contributed by atoms with Crippen LogP contribution in [0.4, 0.5) is 0 Å². The Hall–Kier alpha value is -6.72. The van der Waals surface area contributed by atoms with Gasteiger partial charge in [0, 0.05) is 31.9 Å². The Bertz CT molecular complexity index is 3050. The highest BCUT2D eigenvalue weighted by Gasteiger charge is 2.30. The zero-order valence-corrected chi connectivity index (χ0v) is 40.1. The molecule has 14 nitrogen and oxygen atoms in total. The number of carbonyl (C=O) groups excluding carboxylic acids is 2. The molecular weight excluding hydrogens is 940 g/mol. The highest BCUT2D eigenvalue weighted by Crippen LogP contribution is 2.36. The SMILES string of the molecule is COc1cc(-n2cnc3cc(-c4ccc(Cl)cc4)sc3c2=O)ccc1OCC(C)(C)OC(=O)CC(=O)OC(C)(C)COc1ccc(-n2cnc3cc(-c4ccc(Cl)cc4)sc3c2=O)cc1OC. The number of aromatic nitrogens is 4. The first kappa shape index (κ1) is 46.8. The van der Waals surface area contributed by atoms with Crippen LogP contribution in [-0.4, -0.2) is 69.7 Å². The molecular formula is C49H42Cl2N4O10S2. The van der Waals surface area contributed by atoms with E-state index in [4.69, 9.17) is 51.6 Å². The van der Waals surface area contributed by atoms with Crippen molar-refractivity contribution in [2.45, 2.75) is 45.3 Å². The summed E-state index contributed by atoms with van der Waals surface area (Å²) in [4.78, 5) is 64.0. The quantitative estimate of drug-likeness (QED) is 0.0667. The van der Waals surface area contributed by atoms with Crippen LogP contribution in [0.1, 0.15) is 34.1 Å². The maximum atomic E-state index is 13.6. The van der Waals surface area contributed by atoms with Gasteiger partial charge in [-0.3, -0.25) is 28.3 Å². The summed E-state index contributed by atoms with van der Waals surface area (Å²) in [6, 6.07) is 28.5. The van der Waals surface area contributed by atoms with Gasteiger partial charge in [-0.1, -0.05) is 47.5 Å². The summed E-state index contributed by atoms with van der Waals surface area (Å²) in [6.45, 7) is 6.36. The minimum atomic E-state index is -1.17. The van der Waals surface area contributed by atoms with Gasteiger partial charge in [-0.25, -0.2) is 9.97 Å². The third-order valence-electron chi connectivity index (χ3n) is 10.2. The van der Waals surface area contributed by atoms with Crippen molar-refractivity contribution in [1.82, 2.24) is 19.1 Å². The van der Waals surface area contributed by atoms with E-state index in [2.05, 4.69) is 9.97 Å². The molecule has 0 amide bonds. The number of thiophene rings is 2. The van der Waals surface area contributed by atoms with Crippen LogP contribution < -0.4 is 30.1 Å². The van der Waals surface area contributed by atoms with Crippen molar-refractivity contribution in [1.29, 1.82) is 0 Å². The van der Waals surface area contributed by atoms with Crippen molar-refractivity contribution >= 4 is 78.2 Å². The van der Waals surface area contributed by atoms with Crippen molar-refractivity contribution < 1.29 is 38.0 Å². The van der Waals surface area contributed by atoms with Gasteiger partial charge in [0.1, 0.15) is 52.9 Å². The van der Waals surface area contributed by atoms with E-state index in [-0.39, 0.29) is 24.3 Å². The normalized spacial score (nSPS) is 11.7. The second kappa shape index (κ2) is 19.2. The molecule has 0 fully saturated rings. The molecule has 4 aromatic carbocycles. The van der Waals surface area contributed by atoms with Crippen LogP contribution in [0.15, 0.2) is 119 Å². The van der Waals surface area contributed by atoms with E-state index in [1.807, 2.05) is 36.4 Å². The van der Waals surface area contributed by atoms with Crippen LogP contribution >= 0.6 is 45.9 Å². The topological polar surface area (TPSA) is 159 Å². The smallest absolute Gasteiger partial charge is 0.317 e. The number of carbonyl (C=O) groups is 2. The summed E-state index contributed by atoms with van der Waals surface area (Å²) in [7, 11) is 2.94. The minimum Gasteiger partial charge on any atom is -0.493 e. The van der Waals surface area contributed by atoms with Crippen molar-refractivity contribution in [3.05, 3.63) is 140 Å². The molecule has 8 aromatic rings. The van der Waals surface area contributed by atoms with Gasteiger partial charge in [0.15, 0.2) is 23.0 Å². The molecule has 0 aliphatic heterocycles. The first-order valence-electron chi connectivity index (χ1n) is 20.6. The number of hydrogen-bond acceptors (Lipinski definition) is 14. The van der Waals surface area contributed by atoms with Crippen molar-refractivity contribution in [2.75, 3.05) is 27.4 Å². The monoisotopic (exact) mass is 980 g/mol. The van der Waals surface area contributed by atoms with Crippen LogP contribution in [0, 0.1) is 0 Å². The van der Waals surface area contributed by atoms with Gasteiger partial charge in [-0.15, -0.1) is 22.7 Å². The molecule has 18 heteroatoms. The van der Waals surface area contributed by atoms with Crippen molar-refractivity contribution in [2.24, 2.45) is 0 Å². The molecule has 0 unspecified atom stereocenters. The van der Waals surface area contributed by atoms with Gasteiger partial charge in [0.05, 0.1) is 36.6 Å². The number of methoxy groups -OCH3 is 2. The Morgan fingerprint density at radius 1 is 0.567 bits per heavy atom. The molecule has 0 bridgehead atoms. The minimum absolute atomic E-state index is 0.0986. The largest absolute Gasteiger partial charge is 0.493 e. The van der Waals surface area contributed by atoms with Gasteiger partial charge in [0.2, 0.25) is 0 Å². The van der Waals surface area contributed by atoms with Crippen molar-refractivity contribution in [3.8, 4) is 55.3 Å². The number of ether oxygens (including phenoxy) is 6. The number of hydrogen-bond donors (Lipinski definition) is 0. The highest BCUT2D eigenvalue weighted by molar-refractivity contribution is 7.22. The lowest BCUT2D eigenvalue weighted by atomic mass is 10.1. The fraction of sp³-hybridized carbons (Fsp3) is 0.224. The van der Waals surface area contributed by atoms with Gasteiger partial charge in [0.25, 0.3) is 11.1 Å². The van der Waals surface area contributed by atoms with Gasteiger partial charge < -0.3 is 28.4 Å². The number of esters is 2. The maximum Gasteiger partial charge on any atom is 0.317 e. The summed E-state index contributed by atoms with van der Waals surface area (Å²) < 4.78 is 38.3. The van der Waals surface area contributed by atoms with E-state index in [0.29, 0.717) is 64.9 Å². The molecule has 0 saturated carbocycles. The number of fused-ring (bicyclic) bond motifs is 2. The summed E-state index contributed by atoms with van der Waals surface area (Å²) in [6.07, 6.45) is 2.26. The Morgan fingerprint density at radius 2 is 0.955 bits per heavy atom. The van der Waals surface area contributed by atoms with E-state index in [0.717, 1.165) is 20.9 Å². The summed E-state index contributed by atoms with van der Waals surface area (Å²) in [5.41, 5.74) is 1.19. The Labute approximate surface area is 401 Å². The van der Waals surface area contributed by atoms with E-state index < -0.39 is 29.6 Å². The number of rotatable bonds is 16. The predicted octanol–water partition coefficient (Wildman–Crippen LogP) is 10.4. The second-order valence-corrected chi connectivity index (χ2v) is 19.4. The molecule has 4 heterocycles. The first-order chi connectivity index (χ1) is 32.0. The van der Waals surface area contributed by atoms with Crippen LogP contribution in [0.25, 0.3) is 52.7 Å². The number of benzene rings is 4. The lowest BCUT2D eigenvalue weighted by Crippen LogP contribution is -2.38. The van der Waals surface area contributed by atoms with E-state index >= 15 is 0 Å². The van der Waals surface area contributed by atoms with E-state index in [9.17, 15) is 19.2 Å². The second-order valence-electron chi connectivity index (χ2n) is 16.4. The van der Waals surface area contributed by atoms with Gasteiger partial charge >= 0.3 is 11.9 Å². The zero-order chi connectivity index (χ0) is 47.6. The first-order valence-corrected chi connectivity index (χ1v) is 23.0. The maximum absolute atomic E-state index is 13.6. The number of halogens is 2. The highest BCUT2D eigenvalue weighted by atomic mass is 35.5. The Morgan fingerprint density at radius 3 is 1.33 bits per heavy atom. The standard InChI is InChI=1S/C49H42Cl2N4O10S2/c1-48(2,24-62-36-17-15-32(19-38(36)60-5)54-26-52-34-21-40(66-44(34)46(54)58)28-7-11-30(50)12-8-28)64-42(56)23-43(57)65-49(3,4)25-63-37-18-16-33(20-39(37)61-6)55-27-53-35-22-41(67-45(35)47(55)59)29-9-13-31(51)14-10-29/h7-22,26-27H,23-25H2,1-6H3. The molecule has 4 aromatic heterocycles. The molecule has 344 valence electrons. The summed E-state index contributed by atoms with van der Waals surface area (Å²) in [5.74, 6) is -0.319. The zero-order valence-electron chi connectivity index (χ0n) is 37.0. The molecule has 0 radical (unpaired) electrons.